The first-order valence-corrected chi connectivity index (χ1v) is 8.18. The molecule has 1 aromatic heterocycles. The van der Waals surface area contributed by atoms with E-state index in [1.165, 1.54) is 0 Å². The van der Waals surface area contributed by atoms with Gasteiger partial charge >= 0.3 is 0 Å². The number of amides is 1. The molecule has 1 amide bonds. The molecule has 3 rings (SSSR count). The Bertz CT molecular complexity index is 766. The molecule has 1 aromatic carbocycles. The number of anilines is 1. The number of nitrogens with one attached hydrogen (secondary N) is 1. The lowest BCUT2D eigenvalue weighted by Crippen LogP contribution is -2.44. The van der Waals surface area contributed by atoms with E-state index in [4.69, 9.17) is 9.47 Å². The average molecular weight is 342 g/mol. The van der Waals surface area contributed by atoms with Crippen LogP contribution in [0.1, 0.15) is 27.9 Å². The molecule has 1 aliphatic heterocycles. The number of carbonyl (C=O) groups is 1. The molecule has 0 radical (unpaired) electrons. The molecular weight excluding hydrogens is 320 g/mol. The number of hydrogen-bond donors (Lipinski definition) is 1. The molecule has 1 N–H and O–H groups in total. The number of morpholine rings is 1. The second kappa shape index (κ2) is 7.48. The van der Waals surface area contributed by atoms with E-state index in [-0.39, 0.29) is 11.9 Å². The molecule has 0 bridgehead atoms. The maximum absolute atomic E-state index is 13.0. The lowest BCUT2D eigenvalue weighted by molar-refractivity contribution is -0.00524. The lowest BCUT2D eigenvalue weighted by Gasteiger charge is -2.35. The van der Waals surface area contributed by atoms with Crippen molar-refractivity contribution in [1.29, 1.82) is 0 Å². The summed E-state index contributed by atoms with van der Waals surface area (Å²) < 4.78 is 10.8. The van der Waals surface area contributed by atoms with E-state index in [2.05, 4.69) is 15.3 Å². The molecule has 7 heteroatoms. The van der Waals surface area contributed by atoms with Gasteiger partial charge in [-0.25, -0.2) is 9.97 Å². The van der Waals surface area contributed by atoms with E-state index in [0.717, 1.165) is 11.5 Å². The molecule has 1 aliphatic rings. The van der Waals surface area contributed by atoms with Gasteiger partial charge in [-0.05, 0) is 25.1 Å². The first-order valence-electron chi connectivity index (χ1n) is 8.18. The molecule has 25 heavy (non-hydrogen) atoms. The molecule has 1 saturated heterocycles. The SMILES string of the molecule is CNc1cc(C)nc([C@@H]2COCCN2C(=O)c2cccc(OC)c2)n1. The highest BCUT2D eigenvalue weighted by molar-refractivity contribution is 5.95. The van der Waals surface area contributed by atoms with Gasteiger partial charge in [0.15, 0.2) is 5.82 Å². The molecule has 7 nitrogen and oxygen atoms in total. The van der Waals surface area contributed by atoms with Gasteiger partial charge in [0.2, 0.25) is 0 Å². The van der Waals surface area contributed by atoms with Crippen molar-refractivity contribution in [2.45, 2.75) is 13.0 Å². The topological polar surface area (TPSA) is 76.6 Å². The van der Waals surface area contributed by atoms with Crippen LogP contribution in [0.15, 0.2) is 30.3 Å². The van der Waals surface area contributed by atoms with Gasteiger partial charge in [-0.2, -0.15) is 0 Å². The molecule has 0 unspecified atom stereocenters. The van der Waals surface area contributed by atoms with Crippen LogP contribution in [-0.4, -0.2) is 54.7 Å². The van der Waals surface area contributed by atoms with E-state index in [0.29, 0.717) is 36.9 Å². The summed E-state index contributed by atoms with van der Waals surface area (Å²) in [4.78, 5) is 23.8. The summed E-state index contributed by atoms with van der Waals surface area (Å²) in [5.74, 6) is 1.88. The molecule has 0 aliphatic carbocycles. The van der Waals surface area contributed by atoms with E-state index in [9.17, 15) is 4.79 Å². The number of nitrogens with zero attached hydrogens (tertiary/aromatic N) is 3. The quantitative estimate of drug-likeness (QED) is 0.916. The monoisotopic (exact) mass is 342 g/mol. The number of hydrogen-bond acceptors (Lipinski definition) is 6. The van der Waals surface area contributed by atoms with Gasteiger partial charge in [-0.15, -0.1) is 0 Å². The van der Waals surface area contributed by atoms with Crippen LogP contribution in [-0.2, 0) is 4.74 Å². The van der Waals surface area contributed by atoms with Crippen LogP contribution in [0.3, 0.4) is 0 Å². The minimum atomic E-state index is -0.320. The molecule has 0 spiro atoms. The summed E-state index contributed by atoms with van der Waals surface area (Å²) in [6.07, 6.45) is 0. The van der Waals surface area contributed by atoms with E-state index in [1.807, 2.05) is 32.2 Å². The average Bonchev–Trinajstić information content (AvgIpc) is 2.67. The number of aryl methyl sites for hydroxylation is 1. The van der Waals surface area contributed by atoms with Crippen LogP contribution in [0.2, 0.25) is 0 Å². The summed E-state index contributed by atoms with van der Waals surface area (Å²) in [5, 5.41) is 3.03. The first-order chi connectivity index (χ1) is 12.1. The number of benzene rings is 1. The third-order valence-corrected chi connectivity index (χ3v) is 4.13. The standard InChI is InChI=1S/C18H22N4O3/c1-12-9-16(19-2)21-17(20-12)15-11-25-8-7-22(15)18(23)13-5-4-6-14(10-13)24-3/h4-6,9-10,15H,7-8,11H2,1-3H3,(H,19,20,21)/t15-/m0/s1. The zero-order valence-electron chi connectivity index (χ0n) is 14.7. The van der Waals surface area contributed by atoms with Crippen LogP contribution in [0.5, 0.6) is 5.75 Å². The van der Waals surface area contributed by atoms with Crippen molar-refractivity contribution >= 4 is 11.7 Å². The molecule has 1 atom stereocenters. The predicted molar refractivity (Wildman–Crippen MR) is 93.9 cm³/mol. The summed E-state index contributed by atoms with van der Waals surface area (Å²) in [6, 6.07) is 8.69. The molecule has 2 heterocycles. The highest BCUT2D eigenvalue weighted by Crippen LogP contribution is 2.26. The van der Waals surface area contributed by atoms with E-state index < -0.39 is 0 Å². The Morgan fingerprint density at radius 1 is 1.36 bits per heavy atom. The van der Waals surface area contributed by atoms with Crippen molar-refractivity contribution < 1.29 is 14.3 Å². The van der Waals surface area contributed by atoms with Crippen molar-refractivity contribution in [2.75, 3.05) is 39.2 Å². The number of carbonyl (C=O) groups excluding carboxylic acids is 1. The largest absolute Gasteiger partial charge is 0.497 e. The normalized spacial score (nSPS) is 17.2. The van der Waals surface area contributed by atoms with Crippen LogP contribution in [0.4, 0.5) is 5.82 Å². The Morgan fingerprint density at radius 2 is 2.20 bits per heavy atom. The Morgan fingerprint density at radius 3 is 2.96 bits per heavy atom. The third-order valence-electron chi connectivity index (χ3n) is 4.13. The number of aromatic nitrogens is 2. The van der Waals surface area contributed by atoms with Crippen molar-refractivity contribution in [3.05, 3.63) is 47.4 Å². The van der Waals surface area contributed by atoms with Crippen LogP contribution in [0.25, 0.3) is 0 Å². The van der Waals surface area contributed by atoms with Gasteiger partial charge in [-0.3, -0.25) is 4.79 Å². The first kappa shape index (κ1) is 17.2. The van der Waals surface area contributed by atoms with Crippen LogP contribution >= 0.6 is 0 Å². The van der Waals surface area contributed by atoms with Gasteiger partial charge in [-0.1, -0.05) is 6.07 Å². The molecule has 132 valence electrons. The second-order valence-corrected chi connectivity index (χ2v) is 5.82. The highest BCUT2D eigenvalue weighted by atomic mass is 16.5. The summed E-state index contributed by atoms with van der Waals surface area (Å²) in [7, 11) is 3.39. The highest BCUT2D eigenvalue weighted by Gasteiger charge is 2.31. The van der Waals surface area contributed by atoms with Gasteiger partial charge < -0.3 is 19.7 Å². The summed E-state index contributed by atoms with van der Waals surface area (Å²) >= 11 is 0. The van der Waals surface area contributed by atoms with Crippen LogP contribution < -0.4 is 10.1 Å². The molecule has 0 saturated carbocycles. The minimum Gasteiger partial charge on any atom is -0.497 e. The maximum Gasteiger partial charge on any atom is 0.254 e. The van der Waals surface area contributed by atoms with E-state index >= 15 is 0 Å². The van der Waals surface area contributed by atoms with E-state index in [1.54, 1.807) is 24.1 Å². The second-order valence-electron chi connectivity index (χ2n) is 5.82. The van der Waals surface area contributed by atoms with Crippen molar-refractivity contribution in [3.63, 3.8) is 0 Å². The number of ether oxygens (including phenoxy) is 2. The van der Waals surface area contributed by atoms with Crippen molar-refractivity contribution in [1.82, 2.24) is 14.9 Å². The predicted octanol–water partition coefficient (Wildman–Crippen LogP) is 2.05. The molecule has 1 fully saturated rings. The number of methoxy groups -OCH3 is 1. The number of rotatable bonds is 4. The minimum absolute atomic E-state index is 0.0803. The Kier molecular flexibility index (Phi) is 5.14. The zero-order valence-corrected chi connectivity index (χ0v) is 14.7. The fourth-order valence-corrected chi connectivity index (χ4v) is 2.85. The van der Waals surface area contributed by atoms with Gasteiger partial charge in [0.1, 0.15) is 17.6 Å². The molecule has 2 aromatic rings. The Hall–Kier alpha value is -2.67. The van der Waals surface area contributed by atoms with Crippen LogP contribution in [0, 0.1) is 6.92 Å². The van der Waals surface area contributed by atoms with Gasteiger partial charge in [0.25, 0.3) is 5.91 Å². The van der Waals surface area contributed by atoms with Crippen molar-refractivity contribution in [3.8, 4) is 5.75 Å². The Labute approximate surface area is 147 Å². The van der Waals surface area contributed by atoms with Gasteiger partial charge in [0.05, 0.1) is 20.3 Å². The maximum atomic E-state index is 13.0. The summed E-state index contributed by atoms with van der Waals surface area (Å²) in [5.41, 5.74) is 1.42. The lowest BCUT2D eigenvalue weighted by atomic mass is 10.1. The molecular formula is C18H22N4O3. The fourth-order valence-electron chi connectivity index (χ4n) is 2.85. The fraction of sp³-hybridized carbons (Fsp3) is 0.389. The van der Waals surface area contributed by atoms with Crippen molar-refractivity contribution in [2.24, 2.45) is 0 Å². The summed E-state index contributed by atoms with van der Waals surface area (Å²) in [6.45, 7) is 3.27. The Balaban J connectivity index is 1.93. The third kappa shape index (κ3) is 3.71. The smallest absolute Gasteiger partial charge is 0.254 e. The van der Waals surface area contributed by atoms with Gasteiger partial charge in [0, 0.05) is 30.9 Å². The zero-order chi connectivity index (χ0) is 17.8.